The number of likely N-dealkylation sites (tertiary alicyclic amines) is 1. The van der Waals surface area contributed by atoms with Gasteiger partial charge in [-0.2, -0.15) is 0 Å². The molecule has 2 aromatic rings. The first kappa shape index (κ1) is 20.8. The fraction of sp³-hybridized carbons (Fsp3) is 0.409. The van der Waals surface area contributed by atoms with Gasteiger partial charge in [0, 0.05) is 12.7 Å². The maximum absolute atomic E-state index is 14.7. The first-order valence-electron chi connectivity index (χ1n) is 9.73. The van der Waals surface area contributed by atoms with Gasteiger partial charge in [-0.3, -0.25) is 14.7 Å². The Morgan fingerprint density at radius 3 is 2.62 bits per heavy atom. The minimum Gasteiger partial charge on any atom is -0.445 e. The number of nitrogens with zero attached hydrogens (tertiary/aromatic N) is 2. The number of halogens is 1. The average Bonchev–Trinajstić information content (AvgIpc) is 2.72. The molecule has 1 saturated heterocycles. The van der Waals surface area contributed by atoms with Gasteiger partial charge < -0.3 is 10.1 Å². The van der Waals surface area contributed by atoms with Gasteiger partial charge >= 0.3 is 6.09 Å². The van der Waals surface area contributed by atoms with Gasteiger partial charge in [0.05, 0.1) is 11.2 Å². The number of alkyl halides is 1. The standard InChI is InChI=1S/C22H26FN3O3/c1-22(2,18-12-6-7-13-24-18)25-20(27)19-17(23)11-8-14-26(19)21(28)29-15-16-9-4-3-5-10-16/h3-7,9-10,12-13,17,19H,8,11,14-15H2,1-2H3,(H,25,27)/t17-,19+/m0/s1. The first-order valence-corrected chi connectivity index (χ1v) is 9.73. The van der Waals surface area contributed by atoms with Crippen LogP contribution in [0.1, 0.15) is 37.9 Å². The Labute approximate surface area is 170 Å². The summed E-state index contributed by atoms with van der Waals surface area (Å²) >= 11 is 0. The molecule has 2 amide bonds. The quantitative estimate of drug-likeness (QED) is 0.834. The van der Waals surface area contributed by atoms with Crippen molar-refractivity contribution in [3.63, 3.8) is 0 Å². The van der Waals surface area contributed by atoms with Crippen LogP contribution in [-0.2, 0) is 21.7 Å². The van der Waals surface area contributed by atoms with Crippen molar-refractivity contribution in [3.05, 3.63) is 66.0 Å². The van der Waals surface area contributed by atoms with Crippen molar-refractivity contribution in [2.75, 3.05) is 6.54 Å². The van der Waals surface area contributed by atoms with E-state index >= 15 is 0 Å². The molecule has 0 aliphatic carbocycles. The summed E-state index contributed by atoms with van der Waals surface area (Å²) in [6.45, 7) is 3.93. The van der Waals surface area contributed by atoms with Gasteiger partial charge in [0.15, 0.2) is 0 Å². The predicted molar refractivity (Wildman–Crippen MR) is 107 cm³/mol. The lowest BCUT2D eigenvalue weighted by Gasteiger charge is -2.38. The van der Waals surface area contributed by atoms with Gasteiger partial charge in [0.25, 0.3) is 0 Å². The van der Waals surface area contributed by atoms with Crippen LogP contribution in [0.4, 0.5) is 9.18 Å². The summed E-state index contributed by atoms with van der Waals surface area (Å²) in [6, 6.07) is 13.4. The Morgan fingerprint density at radius 2 is 1.93 bits per heavy atom. The van der Waals surface area contributed by atoms with E-state index in [1.54, 1.807) is 32.2 Å². The van der Waals surface area contributed by atoms with Gasteiger partial charge in [-0.1, -0.05) is 36.4 Å². The van der Waals surface area contributed by atoms with E-state index in [1.165, 1.54) is 4.90 Å². The number of nitrogens with one attached hydrogen (secondary N) is 1. The molecular weight excluding hydrogens is 373 g/mol. The number of carbonyl (C=O) groups is 2. The highest BCUT2D eigenvalue weighted by atomic mass is 19.1. The van der Waals surface area contributed by atoms with Crippen molar-refractivity contribution in [2.45, 2.75) is 51.0 Å². The van der Waals surface area contributed by atoms with Gasteiger partial charge in [-0.25, -0.2) is 9.18 Å². The fourth-order valence-corrected chi connectivity index (χ4v) is 3.44. The number of hydrogen-bond acceptors (Lipinski definition) is 4. The van der Waals surface area contributed by atoms with E-state index in [0.717, 1.165) is 5.56 Å². The summed E-state index contributed by atoms with van der Waals surface area (Å²) < 4.78 is 20.1. The summed E-state index contributed by atoms with van der Waals surface area (Å²) in [5, 5.41) is 2.84. The van der Waals surface area contributed by atoms with Crippen LogP contribution in [0.25, 0.3) is 0 Å². The number of benzene rings is 1. The van der Waals surface area contributed by atoms with Crippen LogP contribution in [0.15, 0.2) is 54.7 Å². The number of pyridine rings is 1. The molecule has 6 nitrogen and oxygen atoms in total. The Kier molecular flexibility index (Phi) is 6.46. The Hall–Kier alpha value is -2.96. The third-order valence-corrected chi connectivity index (χ3v) is 5.01. The molecule has 154 valence electrons. The highest BCUT2D eigenvalue weighted by molar-refractivity contribution is 5.87. The van der Waals surface area contributed by atoms with E-state index in [1.807, 2.05) is 36.4 Å². The zero-order chi connectivity index (χ0) is 20.9. The lowest BCUT2D eigenvalue weighted by molar-refractivity contribution is -0.131. The zero-order valence-electron chi connectivity index (χ0n) is 16.7. The summed E-state index contributed by atoms with van der Waals surface area (Å²) in [6.07, 6.45) is 0.203. The van der Waals surface area contributed by atoms with Crippen LogP contribution < -0.4 is 5.32 Å². The zero-order valence-corrected chi connectivity index (χ0v) is 16.7. The summed E-state index contributed by atoms with van der Waals surface area (Å²) in [5.74, 6) is -0.551. The van der Waals surface area contributed by atoms with Gasteiger partial charge in [-0.05, 0) is 44.4 Å². The minimum absolute atomic E-state index is 0.0703. The lowest BCUT2D eigenvalue weighted by atomic mass is 9.95. The second-order valence-corrected chi connectivity index (χ2v) is 7.67. The van der Waals surface area contributed by atoms with Gasteiger partial charge in [0.2, 0.25) is 5.91 Å². The topological polar surface area (TPSA) is 71.5 Å². The van der Waals surface area contributed by atoms with Crippen molar-refractivity contribution < 1.29 is 18.7 Å². The smallest absolute Gasteiger partial charge is 0.410 e. The maximum atomic E-state index is 14.7. The fourth-order valence-electron chi connectivity index (χ4n) is 3.44. The molecule has 0 bridgehead atoms. The van der Waals surface area contributed by atoms with E-state index < -0.39 is 29.8 Å². The largest absolute Gasteiger partial charge is 0.445 e. The number of carbonyl (C=O) groups excluding carboxylic acids is 2. The van der Waals surface area contributed by atoms with Gasteiger partial charge in [-0.15, -0.1) is 0 Å². The van der Waals surface area contributed by atoms with Crippen LogP contribution in [0, 0.1) is 0 Å². The Bertz CT molecular complexity index is 830. The monoisotopic (exact) mass is 399 g/mol. The molecular formula is C22H26FN3O3. The molecule has 2 heterocycles. The molecule has 1 aliphatic heterocycles. The van der Waals surface area contributed by atoms with Crippen molar-refractivity contribution in [1.82, 2.24) is 15.2 Å². The normalized spacial score (nSPS) is 19.5. The van der Waals surface area contributed by atoms with Crippen LogP contribution in [0.2, 0.25) is 0 Å². The molecule has 2 atom stereocenters. The second kappa shape index (κ2) is 9.03. The lowest BCUT2D eigenvalue weighted by Crippen LogP contribution is -2.59. The number of amides is 2. The molecule has 1 aromatic carbocycles. The van der Waals surface area contributed by atoms with E-state index in [0.29, 0.717) is 12.1 Å². The summed E-state index contributed by atoms with van der Waals surface area (Å²) in [4.78, 5) is 31.0. The van der Waals surface area contributed by atoms with E-state index in [9.17, 15) is 14.0 Å². The molecule has 1 aromatic heterocycles. The molecule has 0 spiro atoms. The van der Waals surface area contributed by atoms with Crippen molar-refractivity contribution >= 4 is 12.0 Å². The van der Waals surface area contributed by atoms with Crippen molar-refractivity contribution in [2.24, 2.45) is 0 Å². The number of piperidine rings is 1. The minimum atomic E-state index is -1.45. The predicted octanol–water partition coefficient (Wildman–Crippen LogP) is 3.57. The summed E-state index contributed by atoms with van der Waals surface area (Å²) in [5.41, 5.74) is 0.666. The third-order valence-electron chi connectivity index (χ3n) is 5.01. The number of hydrogen-bond donors (Lipinski definition) is 1. The number of ether oxygens (including phenoxy) is 1. The van der Waals surface area contributed by atoms with Crippen molar-refractivity contribution in [1.29, 1.82) is 0 Å². The van der Waals surface area contributed by atoms with Crippen molar-refractivity contribution in [3.8, 4) is 0 Å². The molecule has 3 rings (SSSR count). The van der Waals surface area contributed by atoms with E-state index in [2.05, 4.69) is 10.3 Å². The van der Waals surface area contributed by atoms with Gasteiger partial charge in [0.1, 0.15) is 18.8 Å². The third kappa shape index (κ3) is 5.10. The Balaban J connectivity index is 1.70. The number of aromatic nitrogens is 1. The molecule has 1 N–H and O–H groups in total. The molecule has 7 heteroatoms. The number of rotatable bonds is 5. The SMILES string of the molecule is CC(C)(NC(=O)[C@H]1[C@@H](F)CCCN1C(=O)OCc1ccccc1)c1ccccn1. The molecule has 0 radical (unpaired) electrons. The maximum Gasteiger partial charge on any atom is 0.410 e. The summed E-state index contributed by atoms with van der Waals surface area (Å²) in [7, 11) is 0. The molecule has 1 aliphatic rings. The molecule has 1 fully saturated rings. The first-order chi connectivity index (χ1) is 13.9. The average molecular weight is 399 g/mol. The van der Waals surface area contributed by atoms with Crippen LogP contribution in [0.5, 0.6) is 0 Å². The van der Waals surface area contributed by atoms with E-state index in [-0.39, 0.29) is 19.6 Å². The van der Waals surface area contributed by atoms with Crippen LogP contribution in [0.3, 0.4) is 0 Å². The van der Waals surface area contributed by atoms with Crippen LogP contribution >= 0.6 is 0 Å². The molecule has 0 saturated carbocycles. The molecule has 29 heavy (non-hydrogen) atoms. The Morgan fingerprint density at radius 1 is 1.21 bits per heavy atom. The highest BCUT2D eigenvalue weighted by Gasteiger charge is 2.42. The highest BCUT2D eigenvalue weighted by Crippen LogP contribution is 2.24. The van der Waals surface area contributed by atoms with Crippen LogP contribution in [-0.4, -0.2) is 40.6 Å². The molecule has 0 unspecified atom stereocenters. The second-order valence-electron chi connectivity index (χ2n) is 7.67. The van der Waals surface area contributed by atoms with E-state index in [4.69, 9.17) is 4.74 Å².